The van der Waals surface area contributed by atoms with Crippen LogP contribution in [0.25, 0.3) is 5.69 Å². The minimum Gasteiger partial charge on any atom is -0.377 e. The van der Waals surface area contributed by atoms with Crippen molar-refractivity contribution < 1.29 is 4.74 Å². The Bertz CT molecular complexity index is 781. The molecular formula is C16H19N5OS. The van der Waals surface area contributed by atoms with Crippen molar-refractivity contribution in [2.24, 2.45) is 0 Å². The molecule has 0 aliphatic heterocycles. The predicted molar refractivity (Wildman–Crippen MR) is 91.0 cm³/mol. The average Bonchev–Trinajstić information content (AvgIpc) is 3.12. The van der Waals surface area contributed by atoms with Gasteiger partial charge < -0.3 is 10.1 Å². The third-order valence-corrected chi connectivity index (χ3v) is 4.31. The summed E-state index contributed by atoms with van der Waals surface area (Å²) in [5.74, 6) is 0.702. The second-order valence-electron chi connectivity index (χ2n) is 5.20. The Morgan fingerprint density at radius 1 is 1.22 bits per heavy atom. The number of para-hydroxylation sites is 1. The number of aromatic nitrogens is 4. The number of benzene rings is 1. The molecule has 6 nitrogen and oxygen atoms in total. The Morgan fingerprint density at radius 2 is 2.00 bits per heavy atom. The SMILES string of the molecule is COCc1nsc(NCc2c(C)nn(-c3ccccc3)c2C)n1. The van der Waals surface area contributed by atoms with Gasteiger partial charge in [-0.25, -0.2) is 9.67 Å². The van der Waals surface area contributed by atoms with Gasteiger partial charge in [-0.1, -0.05) is 18.2 Å². The molecule has 0 amide bonds. The van der Waals surface area contributed by atoms with Gasteiger partial charge in [0.15, 0.2) is 5.82 Å². The molecule has 0 saturated heterocycles. The van der Waals surface area contributed by atoms with E-state index in [1.165, 1.54) is 17.1 Å². The fourth-order valence-corrected chi connectivity index (χ4v) is 3.00. The Morgan fingerprint density at radius 3 is 2.74 bits per heavy atom. The number of hydrogen-bond donors (Lipinski definition) is 1. The highest BCUT2D eigenvalue weighted by Crippen LogP contribution is 2.20. The number of nitrogens with zero attached hydrogens (tertiary/aromatic N) is 4. The summed E-state index contributed by atoms with van der Waals surface area (Å²) in [6.07, 6.45) is 0. The summed E-state index contributed by atoms with van der Waals surface area (Å²) in [7, 11) is 1.64. The van der Waals surface area contributed by atoms with Crippen molar-refractivity contribution in [1.29, 1.82) is 0 Å². The van der Waals surface area contributed by atoms with Crippen molar-refractivity contribution in [3.05, 3.63) is 53.1 Å². The summed E-state index contributed by atoms with van der Waals surface area (Å²) in [6.45, 7) is 5.22. The van der Waals surface area contributed by atoms with Crippen molar-refractivity contribution in [1.82, 2.24) is 19.1 Å². The van der Waals surface area contributed by atoms with Crippen molar-refractivity contribution in [3.63, 3.8) is 0 Å². The van der Waals surface area contributed by atoms with Gasteiger partial charge >= 0.3 is 0 Å². The zero-order valence-electron chi connectivity index (χ0n) is 13.4. The Kier molecular flexibility index (Phi) is 4.68. The summed E-state index contributed by atoms with van der Waals surface area (Å²) < 4.78 is 11.2. The minimum absolute atomic E-state index is 0.433. The molecule has 2 heterocycles. The topological polar surface area (TPSA) is 64.9 Å². The molecule has 0 unspecified atom stereocenters. The van der Waals surface area contributed by atoms with E-state index in [1.54, 1.807) is 7.11 Å². The average molecular weight is 329 g/mol. The van der Waals surface area contributed by atoms with E-state index in [-0.39, 0.29) is 0 Å². The molecule has 0 aliphatic rings. The van der Waals surface area contributed by atoms with Crippen molar-refractivity contribution in [3.8, 4) is 5.69 Å². The number of methoxy groups -OCH3 is 1. The second-order valence-corrected chi connectivity index (χ2v) is 5.95. The van der Waals surface area contributed by atoms with Crippen LogP contribution in [0.15, 0.2) is 30.3 Å². The number of ether oxygens (including phenoxy) is 1. The quantitative estimate of drug-likeness (QED) is 0.753. The van der Waals surface area contributed by atoms with Crippen LogP contribution in [0, 0.1) is 13.8 Å². The van der Waals surface area contributed by atoms with Crippen LogP contribution in [0.3, 0.4) is 0 Å². The van der Waals surface area contributed by atoms with Crippen LogP contribution in [0.2, 0.25) is 0 Å². The molecule has 0 atom stereocenters. The maximum absolute atomic E-state index is 5.04. The molecule has 120 valence electrons. The monoisotopic (exact) mass is 329 g/mol. The first-order chi connectivity index (χ1) is 11.2. The van der Waals surface area contributed by atoms with E-state index in [1.807, 2.05) is 29.8 Å². The van der Waals surface area contributed by atoms with Crippen LogP contribution in [0.5, 0.6) is 0 Å². The van der Waals surface area contributed by atoms with Gasteiger partial charge in [-0.3, -0.25) is 0 Å². The molecule has 23 heavy (non-hydrogen) atoms. The van der Waals surface area contributed by atoms with E-state index in [0.717, 1.165) is 22.2 Å². The number of aryl methyl sites for hydroxylation is 1. The molecule has 0 spiro atoms. The van der Waals surface area contributed by atoms with E-state index in [9.17, 15) is 0 Å². The van der Waals surface area contributed by atoms with Crippen LogP contribution >= 0.6 is 11.5 Å². The maximum Gasteiger partial charge on any atom is 0.202 e. The highest BCUT2D eigenvalue weighted by molar-refractivity contribution is 7.09. The fourth-order valence-electron chi connectivity index (χ4n) is 2.43. The normalized spacial score (nSPS) is 10.9. The van der Waals surface area contributed by atoms with E-state index >= 15 is 0 Å². The third kappa shape index (κ3) is 3.40. The van der Waals surface area contributed by atoms with Gasteiger partial charge in [0.05, 0.1) is 11.4 Å². The highest BCUT2D eigenvalue weighted by Gasteiger charge is 2.13. The number of hydrogen-bond acceptors (Lipinski definition) is 6. The van der Waals surface area contributed by atoms with Gasteiger partial charge in [0, 0.05) is 36.4 Å². The van der Waals surface area contributed by atoms with Crippen LogP contribution in [-0.4, -0.2) is 26.2 Å². The Labute approximate surface area is 139 Å². The number of anilines is 1. The fraction of sp³-hybridized carbons (Fsp3) is 0.312. The zero-order valence-corrected chi connectivity index (χ0v) is 14.2. The van der Waals surface area contributed by atoms with Gasteiger partial charge in [-0.05, 0) is 26.0 Å². The molecule has 0 fully saturated rings. The van der Waals surface area contributed by atoms with Crippen LogP contribution in [0.4, 0.5) is 5.13 Å². The van der Waals surface area contributed by atoms with Crippen molar-refractivity contribution in [2.75, 3.05) is 12.4 Å². The Balaban J connectivity index is 1.76. The molecule has 0 saturated carbocycles. The number of nitrogens with one attached hydrogen (secondary N) is 1. The highest BCUT2D eigenvalue weighted by atomic mass is 32.1. The minimum atomic E-state index is 0.433. The lowest BCUT2D eigenvalue weighted by atomic mass is 10.2. The summed E-state index contributed by atoms with van der Waals surface area (Å²) in [5, 5.41) is 8.77. The largest absolute Gasteiger partial charge is 0.377 e. The molecule has 0 radical (unpaired) electrons. The molecule has 7 heteroatoms. The summed E-state index contributed by atoms with van der Waals surface area (Å²) in [6, 6.07) is 10.1. The first-order valence-corrected chi connectivity index (χ1v) is 8.12. The molecular weight excluding hydrogens is 310 g/mol. The van der Waals surface area contributed by atoms with Crippen LogP contribution < -0.4 is 5.32 Å². The van der Waals surface area contributed by atoms with E-state index < -0.39 is 0 Å². The molecule has 2 aromatic heterocycles. The van der Waals surface area contributed by atoms with Crippen LogP contribution in [-0.2, 0) is 17.9 Å². The first kappa shape index (κ1) is 15.6. The maximum atomic E-state index is 5.04. The van der Waals surface area contributed by atoms with E-state index in [4.69, 9.17) is 4.74 Å². The lowest BCUT2D eigenvalue weighted by Gasteiger charge is -2.05. The summed E-state index contributed by atoms with van der Waals surface area (Å²) in [4.78, 5) is 4.38. The third-order valence-electron chi connectivity index (χ3n) is 3.60. The second kappa shape index (κ2) is 6.89. The molecule has 0 aliphatic carbocycles. The van der Waals surface area contributed by atoms with Crippen molar-refractivity contribution in [2.45, 2.75) is 27.0 Å². The predicted octanol–water partition coefficient (Wildman–Crippen LogP) is 3.10. The van der Waals surface area contributed by atoms with Crippen LogP contribution in [0.1, 0.15) is 22.8 Å². The first-order valence-electron chi connectivity index (χ1n) is 7.35. The van der Waals surface area contributed by atoms with E-state index in [2.05, 4.69) is 38.8 Å². The molecule has 3 aromatic rings. The molecule has 0 bridgehead atoms. The van der Waals surface area contributed by atoms with Crippen molar-refractivity contribution >= 4 is 16.7 Å². The zero-order chi connectivity index (χ0) is 16.2. The van der Waals surface area contributed by atoms with Gasteiger partial charge in [0.1, 0.15) is 6.61 Å². The smallest absolute Gasteiger partial charge is 0.202 e. The summed E-state index contributed by atoms with van der Waals surface area (Å²) in [5.41, 5.74) is 4.39. The molecule has 3 rings (SSSR count). The molecule has 1 aromatic carbocycles. The lowest BCUT2D eigenvalue weighted by Crippen LogP contribution is -2.03. The van der Waals surface area contributed by atoms with Gasteiger partial charge in [-0.15, -0.1) is 0 Å². The lowest BCUT2D eigenvalue weighted by molar-refractivity contribution is 0.179. The van der Waals surface area contributed by atoms with Gasteiger partial charge in [0.2, 0.25) is 5.13 Å². The summed E-state index contributed by atoms with van der Waals surface area (Å²) >= 11 is 1.34. The van der Waals surface area contributed by atoms with E-state index in [0.29, 0.717) is 19.0 Å². The van der Waals surface area contributed by atoms with Gasteiger partial charge in [0.25, 0.3) is 0 Å². The molecule has 1 N–H and O–H groups in total. The van der Waals surface area contributed by atoms with Gasteiger partial charge in [-0.2, -0.15) is 9.47 Å². The standard InChI is InChI=1S/C16H19N5OS/c1-11-14(9-17-16-18-15(10-22-3)20-23-16)12(2)21(19-11)13-7-5-4-6-8-13/h4-8H,9-10H2,1-3H3,(H,17,18,20). The Hall–Kier alpha value is -2.25. The number of rotatable bonds is 6.